The Morgan fingerprint density at radius 1 is 0.270 bits per heavy atom. The summed E-state index contributed by atoms with van der Waals surface area (Å²) < 4.78 is 68.2. The molecule has 0 aliphatic heterocycles. The van der Waals surface area contributed by atoms with Crippen LogP contribution in [0.15, 0.2) is 0 Å². The molecule has 5 atom stereocenters. The maximum absolute atomic E-state index is 13.0. The van der Waals surface area contributed by atoms with E-state index in [1.165, 1.54) is 199 Å². The van der Waals surface area contributed by atoms with Crippen LogP contribution in [0.4, 0.5) is 0 Å². The van der Waals surface area contributed by atoms with E-state index in [1.54, 1.807) is 0 Å². The third kappa shape index (κ3) is 64.6. The lowest BCUT2D eigenvalue weighted by Crippen LogP contribution is -2.30. The van der Waals surface area contributed by atoms with E-state index >= 15 is 0 Å². The van der Waals surface area contributed by atoms with E-state index in [-0.39, 0.29) is 25.7 Å². The first-order chi connectivity index (χ1) is 43.2. The fraction of sp³-hybridized carbons (Fsp3) is 0.943. The van der Waals surface area contributed by atoms with Gasteiger partial charge in [0.25, 0.3) is 0 Å². The summed E-state index contributed by atoms with van der Waals surface area (Å²) in [6, 6.07) is 0. The third-order valence-electron chi connectivity index (χ3n) is 16.4. The van der Waals surface area contributed by atoms with E-state index in [2.05, 4.69) is 27.7 Å². The molecular weight excluding hydrogens is 1170 g/mol. The monoisotopic (exact) mass is 1310 g/mol. The van der Waals surface area contributed by atoms with Crippen LogP contribution in [0.1, 0.15) is 368 Å². The molecule has 17 nitrogen and oxygen atoms in total. The molecule has 0 aromatic carbocycles. The molecule has 0 aliphatic rings. The minimum Gasteiger partial charge on any atom is -0.462 e. The van der Waals surface area contributed by atoms with Crippen LogP contribution in [0, 0.1) is 0 Å². The Morgan fingerprint density at radius 3 is 0.663 bits per heavy atom. The molecule has 0 radical (unpaired) electrons. The zero-order valence-corrected chi connectivity index (χ0v) is 59.2. The molecular formula is C70H136O17P2. The fourth-order valence-corrected chi connectivity index (χ4v) is 12.3. The Kier molecular flexibility index (Phi) is 63.3. The predicted octanol–water partition coefficient (Wildman–Crippen LogP) is 20.3. The SMILES string of the molecule is CCCCCCCCCCCCCCCCCCC(=O)O[C@H](COC(=O)CCCCCCCCCCCCCCCCC)COP(=O)(O)OC[C@@H](O)COP(=O)(O)OC[C@@H](COC(=O)CCCCCCCCCCC)OC(=O)CCCCCCCCCCC. The molecule has 3 N–H and O–H groups in total. The number of carbonyl (C=O) groups is 4. The minimum absolute atomic E-state index is 0.106. The molecule has 0 saturated heterocycles. The number of phosphoric ester groups is 2. The average Bonchev–Trinajstić information content (AvgIpc) is 3.72. The summed E-state index contributed by atoms with van der Waals surface area (Å²) in [5.74, 6) is -2.12. The van der Waals surface area contributed by atoms with Gasteiger partial charge in [0.15, 0.2) is 12.2 Å². The smallest absolute Gasteiger partial charge is 0.462 e. The molecule has 89 heavy (non-hydrogen) atoms. The number of hydrogen-bond acceptors (Lipinski definition) is 15. The highest BCUT2D eigenvalue weighted by Crippen LogP contribution is 2.45. The quantitative estimate of drug-likeness (QED) is 0.0222. The first-order valence-electron chi connectivity index (χ1n) is 36.8. The van der Waals surface area contributed by atoms with Gasteiger partial charge in [0.05, 0.1) is 26.4 Å². The number of unbranched alkanes of at least 4 members (excludes halogenated alkanes) is 45. The number of hydrogen-bond donors (Lipinski definition) is 3. The van der Waals surface area contributed by atoms with Gasteiger partial charge in [-0.25, -0.2) is 9.13 Å². The molecule has 0 saturated carbocycles. The summed E-state index contributed by atoms with van der Waals surface area (Å²) in [5, 5.41) is 10.6. The van der Waals surface area contributed by atoms with Crippen molar-refractivity contribution in [3.63, 3.8) is 0 Å². The lowest BCUT2D eigenvalue weighted by atomic mass is 10.0. The zero-order valence-electron chi connectivity index (χ0n) is 57.4. The standard InChI is InChI=1S/C70H136O17P2/c1-5-9-13-17-21-25-27-29-31-33-35-37-41-45-49-53-57-70(75)87-66(61-81-68(73)55-51-47-43-40-36-34-32-30-28-26-22-18-14-10-6-2)63-85-89(78,79)83-59-64(71)58-82-88(76,77)84-62-65(86-69(74)56-52-48-44-39-24-20-16-12-8-4)60-80-67(72)54-50-46-42-38-23-19-15-11-7-3/h64-66,71H,5-63H2,1-4H3,(H,76,77)(H,78,79)/t64-,65+,66+/m0/s1. The van der Waals surface area contributed by atoms with Crippen molar-refractivity contribution in [1.29, 1.82) is 0 Å². The second-order valence-corrected chi connectivity index (χ2v) is 28.2. The lowest BCUT2D eigenvalue weighted by Gasteiger charge is -2.21. The number of phosphoric acid groups is 2. The molecule has 0 aromatic heterocycles. The van der Waals surface area contributed by atoms with Crippen molar-refractivity contribution in [2.45, 2.75) is 386 Å². The number of carbonyl (C=O) groups excluding carboxylic acids is 4. The second-order valence-electron chi connectivity index (χ2n) is 25.3. The van der Waals surface area contributed by atoms with Gasteiger partial charge in [0.1, 0.15) is 19.3 Å². The van der Waals surface area contributed by atoms with Crippen LogP contribution in [-0.2, 0) is 65.4 Å². The molecule has 0 amide bonds. The van der Waals surface area contributed by atoms with Crippen molar-refractivity contribution in [3.8, 4) is 0 Å². The van der Waals surface area contributed by atoms with Crippen LogP contribution >= 0.6 is 15.6 Å². The van der Waals surface area contributed by atoms with Crippen LogP contribution in [-0.4, -0.2) is 96.7 Å². The van der Waals surface area contributed by atoms with E-state index in [9.17, 15) is 43.2 Å². The van der Waals surface area contributed by atoms with Crippen molar-refractivity contribution >= 4 is 39.5 Å². The molecule has 0 aromatic rings. The summed E-state index contributed by atoms with van der Waals surface area (Å²) >= 11 is 0. The highest BCUT2D eigenvalue weighted by molar-refractivity contribution is 7.47. The summed E-state index contributed by atoms with van der Waals surface area (Å²) in [6.45, 7) is 4.92. The van der Waals surface area contributed by atoms with Crippen LogP contribution in [0.2, 0.25) is 0 Å². The molecule has 19 heteroatoms. The second kappa shape index (κ2) is 64.8. The Hall–Kier alpha value is -1.94. The zero-order chi connectivity index (χ0) is 65.4. The number of esters is 4. The van der Waals surface area contributed by atoms with Gasteiger partial charge in [-0.2, -0.15) is 0 Å². The largest absolute Gasteiger partial charge is 0.472 e. The first kappa shape index (κ1) is 87.1. The van der Waals surface area contributed by atoms with Gasteiger partial charge in [-0.05, 0) is 25.7 Å². The van der Waals surface area contributed by atoms with Crippen LogP contribution in [0.3, 0.4) is 0 Å². The molecule has 0 spiro atoms. The first-order valence-corrected chi connectivity index (χ1v) is 39.8. The summed E-state index contributed by atoms with van der Waals surface area (Å²) in [6.07, 6.45) is 52.7. The Morgan fingerprint density at radius 2 is 0.449 bits per heavy atom. The summed E-state index contributed by atoms with van der Waals surface area (Å²) in [7, 11) is -9.89. The average molecular weight is 1310 g/mol. The lowest BCUT2D eigenvalue weighted by molar-refractivity contribution is -0.161. The van der Waals surface area contributed by atoms with E-state index in [4.69, 9.17) is 37.0 Å². The van der Waals surface area contributed by atoms with Crippen LogP contribution in [0.25, 0.3) is 0 Å². The Bertz CT molecular complexity index is 1710. The van der Waals surface area contributed by atoms with Crippen LogP contribution < -0.4 is 0 Å². The maximum Gasteiger partial charge on any atom is 0.472 e. The van der Waals surface area contributed by atoms with Crippen molar-refractivity contribution in [3.05, 3.63) is 0 Å². The third-order valence-corrected chi connectivity index (χ3v) is 18.3. The van der Waals surface area contributed by atoms with Crippen molar-refractivity contribution in [2.75, 3.05) is 39.6 Å². The highest BCUT2D eigenvalue weighted by Gasteiger charge is 2.30. The van der Waals surface area contributed by atoms with Crippen molar-refractivity contribution in [2.24, 2.45) is 0 Å². The molecule has 0 bridgehead atoms. The predicted molar refractivity (Wildman–Crippen MR) is 359 cm³/mol. The summed E-state index contributed by atoms with van der Waals surface area (Å²) in [5.41, 5.74) is 0. The number of ether oxygens (including phenoxy) is 4. The molecule has 0 heterocycles. The van der Waals surface area contributed by atoms with Gasteiger partial charge in [0, 0.05) is 25.7 Å². The normalized spacial score (nSPS) is 14.0. The number of aliphatic hydroxyl groups is 1. The molecule has 0 rings (SSSR count). The van der Waals surface area contributed by atoms with E-state index < -0.39 is 97.5 Å². The molecule has 528 valence electrons. The topological polar surface area (TPSA) is 237 Å². The molecule has 0 fully saturated rings. The summed E-state index contributed by atoms with van der Waals surface area (Å²) in [4.78, 5) is 72.4. The maximum atomic E-state index is 13.0. The van der Waals surface area contributed by atoms with Crippen LogP contribution in [0.5, 0.6) is 0 Å². The van der Waals surface area contributed by atoms with Gasteiger partial charge in [0.2, 0.25) is 0 Å². The van der Waals surface area contributed by atoms with Gasteiger partial charge in [-0.3, -0.25) is 37.3 Å². The van der Waals surface area contributed by atoms with Crippen molar-refractivity contribution in [1.82, 2.24) is 0 Å². The highest BCUT2D eigenvalue weighted by atomic mass is 31.2. The number of aliphatic hydroxyl groups excluding tert-OH is 1. The van der Waals surface area contributed by atoms with E-state index in [1.807, 2.05) is 0 Å². The molecule has 2 unspecified atom stereocenters. The minimum atomic E-state index is -4.95. The Balaban J connectivity index is 5.20. The van der Waals surface area contributed by atoms with Gasteiger partial charge in [-0.15, -0.1) is 0 Å². The number of rotatable bonds is 71. The Labute approximate surface area is 543 Å². The fourth-order valence-electron chi connectivity index (χ4n) is 10.7. The molecule has 0 aliphatic carbocycles. The van der Waals surface area contributed by atoms with Gasteiger partial charge in [-0.1, -0.05) is 317 Å². The van der Waals surface area contributed by atoms with Gasteiger partial charge < -0.3 is 33.8 Å². The van der Waals surface area contributed by atoms with Crippen molar-refractivity contribution < 1.29 is 80.2 Å². The van der Waals surface area contributed by atoms with E-state index in [0.29, 0.717) is 25.7 Å². The van der Waals surface area contributed by atoms with Gasteiger partial charge >= 0.3 is 39.5 Å². The van der Waals surface area contributed by atoms with E-state index in [0.717, 1.165) is 89.9 Å².